The van der Waals surface area contributed by atoms with Gasteiger partial charge < -0.3 is 0 Å². The van der Waals surface area contributed by atoms with E-state index in [2.05, 4.69) is 129 Å². The highest BCUT2D eigenvalue weighted by molar-refractivity contribution is 5.89. The highest BCUT2D eigenvalue weighted by Crippen LogP contribution is 2.39. The van der Waals surface area contributed by atoms with Crippen molar-refractivity contribution in [1.29, 1.82) is 0 Å². The van der Waals surface area contributed by atoms with Crippen molar-refractivity contribution in [2.24, 2.45) is 0 Å². The molecule has 0 amide bonds. The second-order valence-corrected chi connectivity index (χ2v) is 12.7. The summed E-state index contributed by atoms with van der Waals surface area (Å²) in [6, 6.07) is 61.8. The van der Waals surface area contributed by atoms with Crippen molar-refractivity contribution < 1.29 is 0 Å². The van der Waals surface area contributed by atoms with E-state index in [1.165, 1.54) is 33.4 Å². The Morgan fingerprint density at radius 3 is 1.14 bits per heavy atom. The molecule has 0 saturated carbocycles. The summed E-state index contributed by atoms with van der Waals surface area (Å²) in [5, 5.41) is 0. The van der Waals surface area contributed by atoms with Crippen LogP contribution in [-0.4, -0.2) is 15.0 Å². The molecule has 0 N–H and O–H groups in total. The maximum Gasteiger partial charge on any atom is 0.164 e. The molecule has 0 bridgehead atoms. The van der Waals surface area contributed by atoms with Gasteiger partial charge in [-0.3, -0.25) is 0 Å². The molecular weight excluding hydrogens is 607 g/mol. The summed E-state index contributed by atoms with van der Waals surface area (Å²) in [6.45, 7) is 4.31. The Bertz CT molecular complexity index is 2340. The van der Waals surface area contributed by atoms with E-state index in [9.17, 15) is 0 Å². The first-order chi connectivity index (χ1) is 24.6. The monoisotopic (exact) mass is 641 g/mol. The molecule has 0 aliphatic rings. The molecule has 1 aromatic heterocycles. The van der Waals surface area contributed by atoms with E-state index in [-0.39, 0.29) is 0 Å². The van der Waals surface area contributed by atoms with Gasteiger partial charge in [-0.15, -0.1) is 0 Å². The molecule has 0 aliphatic carbocycles. The molecule has 3 nitrogen and oxygen atoms in total. The summed E-state index contributed by atoms with van der Waals surface area (Å²) in [7, 11) is 0. The zero-order valence-electron chi connectivity index (χ0n) is 28.1. The van der Waals surface area contributed by atoms with Crippen molar-refractivity contribution in [3.8, 4) is 78.7 Å². The fraction of sp³-hybridized carbons (Fsp3) is 0.0426. The van der Waals surface area contributed by atoms with Crippen LogP contribution in [0.4, 0.5) is 0 Å². The average Bonchev–Trinajstić information content (AvgIpc) is 3.18. The minimum Gasteiger partial charge on any atom is -0.208 e. The number of nitrogens with zero attached hydrogens (tertiary/aromatic N) is 3. The van der Waals surface area contributed by atoms with Crippen LogP contribution in [0.5, 0.6) is 0 Å². The lowest BCUT2D eigenvalue weighted by Crippen LogP contribution is -2.00. The predicted molar refractivity (Wildman–Crippen MR) is 207 cm³/mol. The summed E-state index contributed by atoms with van der Waals surface area (Å²) in [6.07, 6.45) is 0. The molecule has 0 saturated heterocycles. The standard InChI is InChI=1S/C47H35N3/c1-32-25-33(2)27-39(26-32)41-28-40(38-23-24-43(34-15-7-3-8-16-34)44(31-38)35-17-9-4-10-18-35)29-42(30-41)47-49-45(36-19-11-5-12-20-36)48-46(50-47)37-21-13-6-14-22-37/h3-31H,1-2H3. The van der Waals surface area contributed by atoms with Crippen molar-refractivity contribution in [2.45, 2.75) is 13.8 Å². The van der Waals surface area contributed by atoms with E-state index < -0.39 is 0 Å². The molecule has 50 heavy (non-hydrogen) atoms. The first kappa shape index (κ1) is 30.9. The zero-order valence-corrected chi connectivity index (χ0v) is 28.1. The number of hydrogen-bond acceptors (Lipinski definition) is 3. The van der Waals surface area contributed by atoms with Crippen molar-refractivity contribution >= 4 is 0 Å². The van der Waals surface area contributed by atoms with Gasteiger partial charge >= 0.3 is 0 Å². The van der Waals surface area contributed by atoms with Crippen molar-refractivity contribution in [2.75, 3.05) is 0 Å². The van der Waals surface area contributed by atoms with E-state index in [0.29, 0.717) is 17.5 Å². The fourth-order valence-corrected chi connectivity index (χ4v) is 6.62. The molecule has 8 aromatic rings. The van der Waals surface area contributed by atoms with Gasteiger partial charge in [-0.25, -0.2) is 15.0 Å². The Morgan fingerprint density at radius 2 is 0.640 bits per heavy atom. The van der Waals surface area contributed by atoms with Gasteiger partial charge in [0.1, 0.15) is 0 Å². The van der Waals surface area contributed by atoms with Gasteiger partial charge in [-0.2, -0.15) is 0 Å². The number of aromatic nitrogens is 3. The number of aryl methyl sites for hydroxylation is 2. The number of benzene rings is 7. The molecule has 0 unspecified atom stereocenters. The molecule has 0 aliphatic heterocycles. The summed E-state index contributed by atoms with van der Waals surface area (Å²) in [5.41, 5.74) is 14.5. The van der Waals surface area contributed by atoms with Crippen LogP contribution in [0.15, 0.2) is 176 Å². The van der Waals surface area contributed by atoms with E-state index in [1.807, 2.05) is 60.7 Å². The lowest BCUT2D eigenvalue weighted by atomic mass is 9.89. The van der Waals surface area contributed by atoms with E-state index in [4.69, 9.17) is 15.0 Å². The van der Waals surface area contributed by atoms with Crippen LogP contribution in [0.25, 0.3) is 78.7 Å². The topological polar surface area (TPSA) is 38.7 Å². The van der Waals surface area contributed by atoms with Gasteiger partial charge in [0.15, 0.2) is 17.5 Å². The molecule has 0 atom stereocenters. The summed E-state index contributed by atoms with van der Waals surface area (Å²) < 4.78 is 0. The molecule has 0 radical (unpaired) electrons. The number of rotatable bonds is 7. The molecule has 7 aromatic carbocycles. The van der Waals surface area contributed by atoms with Crippen molar-refractivity contribution in [3.05, 3.63) is 187 Å². The highest BCUT2D eigenvalue weighted by Gasteiger charge is 2.16. The maximum atomic E-state index is 5.10. The van der Waals surface area contributed by atoms with Gasteiger partial charge in [0.2, 0.25) is 0 Å². The molecule has 8 rings (SSSR count). The van der Waals surface area contributed by atoms with E-state index in [1.54, 1.807) is 0 Å². The Balaban J connectivity index is 1.36. The molecule has 3 heteroatoms. The maximum absolute atomic E-state index is 5.10. The first-order valence-corrected chi connectivity index (χ1v) is 16.9. The van der Waals surface area contributed by atoms with Crippen LogP contribution >= 0.6 is 0 Å². The lowest BCUT2D eigenvalue weighted by molar-refractivity contribution is 1.07. The first-order valence-electron chi connectivity index (χ1n) is 16.9. The predicted octanol–water partition coefficient (Wildman–Crippen LogP) is 12.2. The van der Waals surface area contributed by atoms with E-state index in [0.717, 1.165) is 38.9 Å². The Hall–Kier alpha value is -6.45. The number of hydrogen-bond donors (Lipinski definition) is 0. The molecule has 0 spiro atoms. The Labute approximate surface area is 293 Å². The SMILES string of the molecule is Cc1cc(C)cc(-c2cc(-c3ccc(-c4ccccc4)c(-c4ccccc4)c3)cc(-c3nc(-c4ccccc4)nc(-c4ccccc4)n3)c2)c1. The van der Waals surface area contributed by atoms with Gasteiger partial charge in [-0.1, -0.05) is 163 Å². The minimum absolute atomic E-state index is 0.634. The lowest BCUT2D eigenvalue weighted by Gasteiger charge is -2.16. The molecule has 238 valence electrons. The normalized spacial score (nSPS) is 11.0. The van der Waals surface area contributed by atoms with Crippen molar-refractivity contribution in [3.63, 3.8) is 0 Å². The Kier molecular flexibility index (Phi) is 8.38. The fourth-order valence-electron chi connectivity index (χ4n) is 6.62. The van der Waals surface area contributed by atoms with Crippen LogP contribution in [0.1, 0.15) is 11.1 Å². The summed E-state index contributed by atoms with van der Waals surface area (Å²) in [4.78, 5) is 15.1. The van der Waals surface area contributed by atoms with Crippen LogP contribution in [0, 0.1) is 13.8 Å². The summed E-state index contributed by atoms with van der Waals surface area (Å²) >= 11 is 0. The average molecular weight is 642 g/mol. The van der Waals surface area contributed by atoms with Gasteiger partial charge in [0.05, 0.1) is 0 Å². The zero-order chi connectivity index (χ0) is 33.9. The van der Waals surface area contributed by atoms with Crippen LogP contribution in [-0.2, 0) is 0 Å². The molecular formula is C47H35N3. The largest absolute Gasteiger partial charge is 0.208 e. The second kappa shape index (κ2) is 13.6. The quantitative estimate of drug-likeness (QED) is 0.174. The van der Waals surface area contributed by atoms with Crippen LogP contribution in [0.2, 0.25) is 0 Å². The van der Waals surface area contributed by atoms with Gasteiger partial charge in [-0.05, 0) is 82.6 Å². The van der Waals surface area contributed by atoms with Gasteiger partial charge in [0, 0.05) is 16.7 Å². The second-order valence-electron chi connectivity index (χ2n) is 12.7. The molecule has 1 heterocycles. The molecule has 0 fully saturated rings. The van der Waals surface area contributed by atoms with Crippen molar-refractivity contribution in [1.82, 2.24) is 15.0 Å². The van der Waals surface area contributed by atoms with E-state index >= 15 is 0 Å². The van der Waals surface area contributed by atoms with Crippen LogP contribution < -0.4 is 0 Å². The Morgan fingerprint density at radius 1 is 0.260 bits per heavy atom. The third kappa shape index (κ3) is 6.50. The van der Waals surface area contributed by atoms with Crippen LogP contribution in [0.3, 0.4) is 0 Å². The summed E-state index contributed by atoms with van der Waals surface area (Å²) in [5.74, 6) is 1.92. The highest BCUT2D eigenvalue weighted by atomic mass is 15.0. The van der Waals surface area contributed by atoms with Gasteiger partial charge in [0.25, 0.3) is 0 Å². The minimum atomic E-state index is 0.634. The third-order valence-electron chi connectivity index (χ3n) is 8.97. The third-order valence-corrected chi connectivity index (χ3v) is 8.97. The smallest absolute Gasteiger partial charge is 0.164 e.